The maximum atomic E-state index is 2.54. The number of benzene rings is 3. The molecule has 0 unspecified atom stereocenters. The number of hydrogen-bond donors (Lipinski definition) is 0. The zero-order valence-electron chi connectivity index (χ0n) is 22.2. The van der Waals surface area contributed by atoms with Gasteiger partial charge in [0.25, 0.3) is 0 Å². The van der Waals surface area contributed by atoms with E-state index in [9.17, 15) is 0 Å². The third-order valence-corrected chi connectivity index (χ3v) is 23.1. The molecule has 0 N–H and O–H groups in total. The summed E-state index contributed by atoms with van der Waals surface area (Å²) in [5, 5.41) is 0. The molecule has 0 saturated heterocycles. The van der Waals surface area contributed by atoms with Crippen LogP contribution in [0.1, 0.15) is 70.4 Å². The van der Waals surface area contributed by atoms with E-state index in [0.29, 0.717) is 0 Å². The molecule has 0 amide bonds. The van der Waals surface area contributed by atoms with Gasteiger partial charge in [0.15, 0.2) is 0 Å². The molecule has 3 rings (SSSR count). The predicted octanol–water partition coefficient (Wildman–Crippen LogP) is 9.83. The monoisotopic (exact) mass is 563 g/mol. The van der Waals surface area contributed by atoms with Crippen molar-refractivity contribution in [1.29, 1.82) is 0 Å². The van der Waals surface area contributed by atoms with E-state index in [1.165, 1.54) is 80.0 Å². The summed E-state index contributed by atoms with van der Waals surface area (Å²) in [5.74, 6) is 0. The molecule has 1 nitrogen and oxygen atoms in total. The summed E-state index contributed by atoms with van der Waals surface area (Å²) in [6.45, 7) is 11.5. The van der Waals surface area contributed by atoms with E-state index in [-0.39, 0.29) is 0 Å². The number of hydrogen-bond acceptors (Lipinski definition) is 1. The van der Waals surface area contributed by atoms with Crippen LogP contribution in [0.25, 0.3) is 0 Å². The molecule has 182 valence electrons. The number of anilines is 3. The number of rotatable bonds is 13. The quantitative estimate of drug-likeness (QED) is 0.188. The fraction of sp³-hybridized carbons (Fsp3) is 0.438. The van der Waals surface area contributed by atoms with Gasteiger partial charge in [0.2, 0.25) is 0 Å². The third-order valence-electron chi connectivity index (χ3n) is 7.48. The molecule has 0 aliphatic heterocycles. The van der Waals surface area contributed by atoms with E-state index in [0.717, 1.165) is 0 Å². The molecule has 0 bridgehead atoms. The summed E-state index contributed by atoms with van der Waals surface area (Å²) < 4.78 is 6.31. The third kappa shape index (κ3) is 6.47. The van der Waals surface area contributed by atoms with Crippen LogP contribution in [-0.2, 0) is 0 Å². The molecule has 0 heterocycles. The van der Waals surface area contributed by atoms with Gasteiger partial charge in [-0.3, -0.25) is 0 Å². The molecule has 3 aromatic rings. The summed E-state index contributed by atoms with van der Waals surface area (Å²) in [7, 11) is 0. The van der Waals surface area contributed by atoms with Gasteiger partial charge in [-0.25, -0.2) is 0 Å². The first-order chi connectivity index (χ1) is 16.6. The Kier molecular flexibility index (Phi) is 10.6. The van der Waals surface area contributed by atoms with Gasteiger partial charge in [-0.1, -0.05) is 0 Å². The second-order valence-corrected chi connectivity index (χ2v) is 23.3. The Balaban J connectivity index is 2.06. The van der Waals surface area contributed by atoms with Crippen LogP contribution in [0, 0.1) is 13.8 Å². The Morgan fingerprint density at radius 2 is 0.971 bits per heavy atom. The van der Waals surface area contributed by atoms with Crippen LogP contribution in [0.5, 0.6) is 0 Å². The average molecular weight is 562 g/mol. The number of unbranched alkanes of at least 4 members (excludes halogenated alkanes) is 3. The fourth-order valence-electron chi connectivity index (χ4n) is 5.35. The first kappa shape index (κ1) is 26.9. The predicted molar refractivity (Wildman–Crippen MR) is 155 cm³/mol. The van der Waals surface area contributed by atoms with Crippen molar-refractivity contribution in [2.75, 3.05) is 4.90 Å². The summed E-state index contributed by atoms with van der Waals surface area (Å²) in [6.07, 6.45) is 8.19. The van der Waals surface area contributed by atoms with Crippen molar-refractivity contribution in [3.8, 4) is 0 Å². The van der Waals surface area contributed by atoms with Gasteiger partial charge in [0.1, 0.15) is 0 Å². The van der Waals surface area contributed by atoms with Gasteiger partial charge in [0, 0.05) is 0 Å². The summed E-state index contributed by atoms with van der Waals surface area (Å²) >= 11 is -2.42. The first-order valence-corrected chi connectivity index (χ1v) is 21.1. The Morgan fingerprint density at radius 3 is 1.35 bits per heavy atom. The van der Waals surface area contributed by atoms with Gasteiger partial charge in [0.05, 0.1) is 0 Å². The topological polar surface area (TPSA) is 3.24 Å². The standard InChI is InChI=1S/C20H18N.3C4H9.Sn/c1-16-10-6-8-14-19(16)21(18-12-4-3-5-13-18)20-15-9-7-11-17(20)2;3*1-3-4-2;/h4-15H,1-2H3;3*1,3-4H2,2H3;. The summed E-state index contributed by atoms with van der Waals surface area (Å²) in [5.41, 5.74) is 6.41. The maximum absolute atomic E-state index is 2.54. The van der Waals surface area contributed by atoms with E-state index in [4.69, 9.17) is 0 Å². The van der Waals surface area contributed by atoms with Gasteiger partial charge in [-0.2, -0.15) is 0 Å². The van der Waals surface area contributed by atoms with Crippen molar-refractivity contribution in [3.05, 3.63) is 83.9 Å². The van der Waals surface area contributed by atoms with Crippen molar-refractivity contribution < 1.29 is 0 Å². The van der Waals surface area contributed by atoms with Gasteiger partial charge in [-0.15, -0.1) is 0 Å². The van der Waals surface area contributed by atoms with Crippen LogP contribution in [-0.4, -0.2) is 18.4 Å². The number of aryl methyl sites for hydroxylation is 2. The van der Waals surface area contributed by atoms with Gasteiger partial charge >= 0.3 is 214 Å². The second-order valence-electron chi connectivity index (χ2n) is 10.0. The van der Waals surface area contributed by atoms with Crippen molar-refractivity contribution >= 4 is 39.0 Å². The van der Waals surface area contributed by atoms with Crippen molar-refractivity contribution in [2.45, 2.75) is 86.5 Å². The van der Waals surface area contributed by atoms with Crippen LogP contribution in [0.15, 0.2) is 72.8 Å². The molecule has 0 atom stereocenters. The first-order valence-electron chi connectivity index (χ1n) is 13.6. The summed E-state index contributed by atoms with van der Waals surface area (Å²) in [4.78, 5) is 2.45. The van der Waals surface area contributed by atoms with E-state index in [1.807, 2.05) is 0 Å². The second kappa shape index (κ2) is 13.4. The van der Waals surface area contributed by atoms with Gasteiger partial charge in [-0.05, 0) is 0 Å². The van der Waals surface area contributed by atoms with Crippen LogP contribution in [0.2, 0.25) is 13.3 Å². The average Bonchev–Trinajstić information content (AvgIpc) is 2.87. The molecule has 0 spiro atoms. The molecule has 0 aromatic heterocycles. The minimum atomic E-state index is -2.42. The van der Waals surface area contributed by atoms with Crippen molar-refractivity contribution in [3.63, 3.8) is 0 Å². The van der Waals surface area contributed by atoms with Crippen LogP contribution < -0.4 is 8.48 Å². The Hall–Kier alpha value is -1.74. The van der Waals surface area contributed by atoms with Gasteiger partial charge < -0.3 is 0 Å². The zero-order chi connectivity index (χ0) is 24.4. The number of para-hydroxylation sites is 2. The molecular formula is C32H45NSn. The molecule has 0 fully saturated rings. The van der Waals surface area contributed by atoms with Crippen LogP contribution in [0.4, 0.5) is 17.1 Å². The van der Waals surface area contributed by atoms with E-state index < -0.39 is 18.4 Å². The molecule has 3 aromatic carbocycles. The molecule has 0 radical (unpaired) electrons. The van der Waals surface area contributed by atoms with E-state index >= 15 is 0 Å². The molecule has 0 saturated carbocycles. The Labute approximate surface area is 213 Å². The summed E-state index contributed by atoms with van der Waals surface area (Å²) in [6, 6.07) is 27.4. The zero-order valence-corrected chi connectivity index (χ0v) is 25.1. The van der Waals surface area contributed by atoms with Crippen molar-refractivity contribution in [1.82, 2.24) is 0 Å². The minimum absolute atomic E-state index is 1.27. The molecule has 0 aliphatic carbocycles. The Bertz CT molecular complexity index is 940. The van der Waals surface area contributed by atoms with E-state index in [1.54, 1.807) is 3.58 Å². The molecule has 2 heteroatoms. The SMILES string of the molecule is CCC[CH2][Sn]([CH2]CCC)([CH2]CCC)[c]1ccc(N(c2ccccc2C)c2ccccc2C)cc1. The van der Waals surface area contributed by atoms with E-state index in [2.05, 4.69) is 112 Å². The normalized spacial score (nSPS) is 11.6. The van der Waals surface area contributed by atoms with Crippen molar-refractivity contribution in [2.24, 2.45) is 0 Å². The molecule has 0 aliphatic rings. The fourth-order valence-corrected chi connectivity index (χ4v) is 21.3. The molecular weight excluding hydrogens is 517 g/mol. The number of nitrogens with zero attached hydrogens (tertiary/aromatic N) is 1. The van der Waals surface area contributed by atoms with Crippen LogP contribution >= 0.6 is 0 Å². The molecule has 34 heavy (non-hydrogen) atoms. The van der Waals surface area contributed by atoms with Crippen LogP contribution in [0.3, 0.4) is 0 Å². The Morgan fingerprint density at radius 1 is 0.559 bits per heavy atom.